The van der Waals surface area contributed by atoms with Crippen molar-refractivity contribution < 1.29 is 19.1 Å². The van der Waals surface area contributed by atoms with Crippen LogP contribution in [0.1, 0.15) is 26.7 Å². The smallest absolute Gasteiger partial charge is 0.306 e. The predicted octanol–water partition coefficient (Wildman–Crippen LogP) is 2.72. The minimum absolute atomic E-state index is 0.159. The average molecular weight is 355 g/mol. The largest absolute Gasteiger partial charge is 0.456 e. The fourth-order valence-electron chi connectivity index (χ4n) is 1.79. The Bertz CT molecular complexity index is 590. The molecule has 0 aliphatic heterocycles. The quantitative estimate of drug-likeness (QED) is 0.728. The third-order valence-corrected chi connectivity index (χ3v) is 3.57. The van der Waals surface area contributed by atoms with E-state index < -0.39 is 11.9 Å². The molecule has 0 bridgehead atoms. The summed E-state index contributed by atoms with van der Waals surface area (Å²) in [7, 11) is 1.47. The number of nitrogens with one attached hydrogen (secondary N) is 1. The second-order valence-corrected chi connectivity index (χ2v) is 6.28. The van der Waals surface area contributed by atoms with Gasteiger partial charge in [-0.3, -0.25) is 14.4 Å². The number of anilines is 1. The molecular weight excluding hydrogens is 332 g/mol. The van der Waals surface area contributed by atoms with Gasteiger partial charge in [-0.1, -0.05) is 37.6 Å². The highest BCUT2D eigenvalue weighted by molar-refractivity contribution is 6.33. The first-order chi connectivity index (χ1) is 11.3. The monoisotopic (exact) mass is 354 g/mol. The lowest BCUT2D eigenvalue weighted by atomic mass is 10.1. The molecule has 7 heteroatoms. The van der Waals surface area contributed by atoms with E-state index in [0.29, 0.717) is 23.0 Å². The Morgan fingerprint density at radius 3 is 2.54 bits per heavy atom. The van der Waals surface area contributed by atoms with E-state index >= 15 is 0 Å². The van der Waals surface area contributed by atoms with Gasteiger partial charge in [0, 0.05) is 13.5 Å². The minimum Gasteiger partial charge on any atom is -0.456 e. The maximum atomic E-state index is 11.9. The highest BCUT2D eigenvalue weighted by Gasteiger charge is 2.16. The van der Waals surface area contributed by atoms with Crippen LogP contribution in [0.4, 0.5) is 5.69 Å². The van der Waals surface area contributed by atoms with E-state index in [1.54, 1.807) is 24.3 Å². The van der Waals surface area contributed by atoms with Crippen molar-refractivity contribution in [3.05, 3.63) is 29.3 Å². The summed E-state index contributed by atoms with van der Waals surface area (Å²) >= 11 is 5.95. The summed E-state index contributed by atoms with van der Waals surface area (Å²) in [5.74, 6) is -0.845. The van der Waals surface area contributed by atoms with Crippen molar-refractivity contribution in [1.29, 1.82) is 0 Å². The molecule has 0 saturated carbocycles. The molecule has 0 unspecified atom stereocenters. The Hall–Kier alpha value is -2.08. The van der Waals surface area contributed by atoms with Crippen LogP contribution in [0.15, 0.2) is 24.3 Å². The van der Waals surface area contributed by atoms with E-state index in [2.05, 4.69) is 5.32 Å². The summed E-state index contributed by atoms with van der Waals surface area (Å²) < 4.78 is 4.91. The first-order valence-electron chi connectivity index (χ1n) is 7.73. The zero-order chi connectivity index (χ0) is 18.1. The maximum absolute atomic E-state index is 11.9. The van der Waals surface area contributed by atoms with E-state index in [4.69, 9.17) is 16.3 Å². The number of ether oxygens (including phenoxy) is 1. The minimum atomic E-state index is -0.442. The molecule has 1 rings (SSSR count). The molecule has 0 aliphatic carbocycles. The highest BCUT2D eigenvalue weighted by atomic mass is 35.5. The van der Waals surface area contributed by atoms with Crippen LogP contribution in [-0.4, -0.2) is 42.9 Å². The Labute approximate surface area is 147 Å². The number of nitrogens with zero attached hydrogens (tertiary/aromatic N) is 1. The molecule has 2 amide bonds. The lowest BCUT2D eigenvalue weighted by Crippen LogP contribution is -2.37. The van der Waals surface area contributed by atoms with Gasteiger partial charge in [0.25, 0.3) is 5.91 Å². The van der Waals surface area contributed by atoms with E-state index in [9.17, 15) is 14.4 Å². The zero-order valence-corrected chi connectivity index (χ0v) is 14.9. The van der Waals surface area contributed by atoms with Crippen molar-refractivity contribution in [3.8, 4) is 0 Å². The molecule has 24 heavy (non-hydrogen) atoms. The molecule has 0 atom stereocenters. The second-order valence-electron chi connectivity index (χ2n) is 5.87. The van der Waals surface area contributed by atoms with Crippen LogP contribution in [0, 0.1) is 5.92 Å². The lowest BCUT2D eigenvalue weighted by Gasteiger charge is -2.17. The Balaban J connectivity index is 2.37. The summed E-state index contributed by atoms with van der Waals surface area (Å²) in [4.78, 5) is 36.5. The van der Waals surface area contributed by atoms with Gasteiger partial charge in [-0.25, -0.2) is 0 Å². The number of hydrogen-bond acceptors (Lipinski definition) is 4. The van der Waals surface area contributed by atoms with Crippen molar-refractivity contribution in [2.45, 2.75) is 26.7 Å². The Morgan fingerprint density at radius 1 is 1.25 bits per heavy atom. The van der Waals surface area contributed by atoms with E-state index in [1.165, 1.54) is 11.9 Å². The lowest BCUT2D eigenvalue weighted by molar-refractivity contribution is -0.152. The van der Waals surface area contributed by atoms with Gasteiger partial charge in [0.2, 0.25) is 5.91 Å². The molecule has 0 aromatic heterocycles. The number of rotatable bonds is 8. The normalized spacial score (nSPS) is 10.4. The van der Waals surface area contributed by atoms with Crippen molar-refractivity contribution >= 4 is 35.1 Å². The van der Waals surface area contributed by atoms with Crippen LogP contribution < -0.4 is 5.32 Å². The molecule has 0 radical (unpaired) electrons. The molecule has 1 aromatic rings. The van der Waals surface area contributed by atoms with Crippen molar-refractivity contribution in [2.24, 2.45) is 5.92 Å². The Kier molecular flexibility index (Phi) is 8.26. The maximum Gasteiger partial charge on any atom is 0.306 e. The van der Waals surface area contributed by atoms with Crippen LogP contribution in [0.2, 0.25) is 5.02 Å². The van der Waals surface area contributed by atoms with Crippen LogP contribution in [0.25, 0.3) is 0 Å². The first-order valence-corrected chi connectivity index (χ1v) is 8.11. The predicted molar refractivity (Wildman–Crippen MR) is 92.7 cm³/mol. The molecule has 0 heterocycles. The van der Waals surface area contributed by atoms with Gasteiger partial charge in [0.05, 0.1) is 17.3 Å². The van der Waals surface area contributed by atoms with Gasteiger partial charge >= 0.3 is 5.97 Å². The fraction of sp³-hybridized carbons (Fsp3) is 0.471. The van der Waals surface area contributed by atoms with E-state index in [1.807, 2.05) is 13.8 Å². The summed E-state index contributed by atoms with van der Waals surface area (Å²) in [5, 5.41) is 3.04. The van der Waals surface area contributed by atoms with Crippen molar-refractivity contribution in [2.75, 3.05) is 25.5 Å². The number of likely N-dealkylation sites (N-methyl/N-ethyl adjacent to an activating group) is 1. The molecule has 1 aromatic carbocycles. The van der Waals surface area contributed by atoms with Gasteiger partial charge in [-0.15, -0.1) is 0 Å². The third-order valence-electron chi connectivity index (χ3n) is 3.24. The number of para-hydroxylation sites is 1. The highest BCUT2D eigenvalue weighted by Crippen LogP contribution is 2.20. The third kappa shape index (κ3) is 7.46. The molecule has 1 N–H and O–H groups in total. The topological polar surface area (TPSA) is 75.7 Å². The van der Waals surface area contributed by atoms with Gasteiger partial charge in [-0.2, -0.15) is 0 Å². The number of benzene rings is 1. The molecule has 132 valence electrons. The van der Waals surface area contributed by atoms with Gasteiger partial charge in [-0.05, 0) is 24.5 Å². The Morgan fingerprint density at radius 2 is 1.92 bits per heavy atom. The molecule has 6 nitrogen and oxygen atoms in total. The molecule has 0 aliphatic rings. The van der Waals surface area contributed by atoms with Gasteiger partial charge in [0.1, 0.15) is 0 Å². The average Bonchev–Trinajstić information content (AvgIpc) is 2.52. The van der Waals surface area contributed by atoms with Crippen LogP contribution in [0.3, 0.4) is 0 Å². The number of esters is 1. The summed E-state index contributed by atoms with van der Waals surface area (Å²) in [6, 6.07) is 6.81. The van der Waals surface area contributed by atoms with Crippen LogP contribution >= 0.6 is 11.6 Å². The fourth-order valence-corrected chi connectivity index (χ4v) is 1.97. The molecule has 0 fully saturated rings. The first kappa shape index (κ1) is 20.0. The van der Waals surface area contributed by atoms with Gasteiger partial charge < -0.3 is 15.0 Å². The molecule has 0 spiro atoms. The van der Waals surface area contributed by atoms with E-state index in [-0.39, 0.29) is 25.5 Å². The standard InChI is InChI=1S/C17H23ClN2O4/c1-12(2)8-9-17(23)24-11-16(22)20(3)10-15(21)19-14-7-5-4-6-13(14)18/h4-7,12H,8-11H2,1-3H3,(H,19,21). The van der Waals surface area contributed by atoms with Crippen LogP contribution in [0.5, 0.6) is 0 Å². The number of carbonyl (C=O) groups is 3. The second kappa shape index (κ2) is 9.93. The van der Waals surface area contributed by atoms with E-state index in [0.717, 1.165) is 0 Å². The number of amides is 2. The SMILES string of the molecule is CC(C)CCC(=O)OCC(=O)N(C)CC(=O)Nc1ccccc1Cl. The number of hydrogen-bond donors (Lipinski definition) is 1. The van der Waals surface area contributed by atoms with Crippen molar-refractivity contribution in [1.82, 2.24) is 4.90 Å². The van der Waals surface area contributed by atoms with Gasteiger partial charge in [0.15, 0.2) is 6.61 Å². The summed E-state index contributed by atoms with van der Waals surface area (Å²) in [6.07, 6.45) is 0.991. The molecule has 0 saturated heterocycles. The van der Waals surface area contributed by atoms with Crippen LogP contribution in [-0.2, 0) is 19.1 Å². The molecular formula is C17H23ClN2O4. The summed E-state index contributed by atoms with van der Waals surface area (Å²) in [6.45, 7) is 3.48. The zero-order valence-electron chi connectivity index (χ0n) is 14.2. The van der Waals surface area contributed by atoms with Crippen molar-refractivity contribution in [3.63, 3.8) is 0 Å². The summed E-state index contributed by atoms with van der Waals surface area (Å²) in [5.41, 5.74) is 0.477. The number of halogens is 1. The number of carbonyl (C=O) groups excluding carboxylic acids is 3.